The molecule has 2 aliphatic heterocycles. The fraction of sp³-hybridized carbons (Fsp3) is 0.227. The summed E-state index contributed by atoms with van der Waals surface area (Å²) < 4.78 is 5.32. The minimum absolute atomic E-state index is 0.124. The third kappa shape index (κ3) is 2.85. The molecule has 2 aromatic heterocycles. The van der Waals surface area contributed by atoms with Crippen LogP contribution in [0.5, 0.6) is 0 Å². The largest absolute Gasteiger partial charge is 0.467 e. The van der Waals surface area contributed by atoms with E-state index in [-0.39, 0.29) is 18.5 Å². The zero-order valence-corrected chi connectivity index (χ0v) is 16.8. The highest BCUT2D eigenvalue weighted by Crippen LogP contribution is 2.44. The number of amides is 3. The van der Waals surface area contributed by atoms with E-state index in [1.807, 2.05) is 12.1 Å². The van der Waals surface area contributed by atoms with Crippen molar-refractivity contribution >= 4 is 23.5 Å². The van der Waals surface area contributed by atoms with Gasteiger partial charge in [-0.15, -0.1) is 0 Å². The van der Waals surface area contributed by atoms with Crippen molar-refractivity contribution in [1.29, 1.82) is 0 Å². The van der Waals surface area contributed by atoms with Gasteiger partial charge in [-0.2, -0.15) is 0 Å². The average molecular weight is 423 g/mol. The Bertz CT molecular complexity index is 1100. The van der Waals surface area contributed by atoms with E-state index >= 15 is 0 Å². The minimum Gasteiger partial charge on any atom is -0.467 e. The van der Waals surface area contributed by atoms with Gasteiger partial charge in [0.15, 0.2) is 5.66 Å². The summed E-state index contributed by atoms with van der Waals surface area (Å²) in [6, 6.07) is 14.1. The maximum Gasteiger partial charge on any atom is 0.319 e. The van der Waals surface area contributed by atoms with Crippen molar-refractivity contribution in [2.24, 2.45) is 0 Å². The van der Waals surface area contributed by atoms with Crippen LogP contribution in [0.1, 0.15) is 27.4 Å². The number of nitrogens with zero attached hydrogens (tertiary/aromatic N) is 3. The van der Waals surface area contributed by atoms with Crippen molar-refractivity contribution in [3.63, 3.8) is 0 Å². The molecule has 30 heavy (non-hydrogen) atoms. The van der Waals surface area contributed by atoms with E-state index < -0.39 is 5.66 Å². The maximum atomic E-state index is 13.3. The molecule has 2 aliphatic rings. The normalized spacial score (nSPS) is 20.1. The lowest BCUT2D eigenvalue weighted by atomic mass is 9.86. The lowest BCUT2D eigenvalue weighted by Crippen LogP contribution is -2.60. The van der Waals surface area contributed by atoms with Crippen molar-refractivity contribution in [2.75, 3.05) is 13.1 Å². The number of fused-ring (bicyclic) bond motifs is 2. The molecule has 5 rings (SSSR count). The maximum absolute atomic E-state index is 13.3. The molecule has 1 aromatic carbocycles. The highest BCUT2D eigenvalue weighted by molar-refractivity contribution is 6.30. The molecule has 4 heterocycles. The van der Waals surface area contributed by atoms with Crippen molar-refractivity contribution in [1.82, 2.24) is 20.1 Å². The predicted octanol–water partition coefficient (Wildman–Crippen LogP) is 3.40. The van der Waals surface area contributed by atoms with Gasteiger partial charge < -0.3 is 14.6 Å². The molecular formula is C22H19ClN4O3. The second-order valence-electron chi connectivity index (χ2n) is 7.34. The molecule has 7 nitrogen and oxygen atoms in total. The van der Waals surface area contributed by atoms with Crippen LogP contribution < -0.4 is 5.32 Å². The van der Waals surface area contributed by atoms with Crippen LogP contribution in [0.2, 0.25) is 5.02 Å². The summed E-state index contributed by atoms with van der Waals surface area (Å²) in [5, 5.41) is 3.51. The lowest BCUT2D eigenvalue weighted by Gasteiger charge is -2.46. The molecule has 3 amide bonds. The highest BCUT2D eigenvalue weighted by atomic mass is 35.5. The number of furan rings is 1. The SMILES string of the molecule is O=C(NCc1ccco1)N1CCN2C(=O)c3cccnc3C[C@@]12c1ccc(Cl)cc1. The summed E-state index contributed by atoms with van der Waals surface area (Å²) in [6.07, 6.45) is 3.65. The summed E-state index contributed by atoms with van der Waals surface area (Å²) in [6.45, 7) is 1.11. The topological polar surface area (TPSA) is 78.7 Å². The van der Waals surface area contributed by atoms with Gasteiger partial charge in [-0.1, -0.05) is 23.7 Å². The van der Waals surface area contributed by atoms with Gasteiger partial charge in [-0.3, -0.25) is 14.7 Å². The van der Waals surface area contributed by atoms with Crippen molar-refractivity contribution in [3.8, 4) is 0 Å². The van der Waals surface area contributed by atoms with Crippen molar-refractivity contribution in [2.45, 2.75) is 18.6 Å². The van der Waals surface area contributed by atoms with Gasteiger partial charge in [0.2, 0.25) is 0 Å². The summed E-state index contributed by atoms with van der Waals surface area (Å²) in [5.41, 5.74) is 1.12. The van der Waals surface area contributed by atoms with Gasteiger partial charge in [-0.05, 0) is 42.0 Å². The zero-order chi connectivity index (χ0) is 20.7. The number of aromatic nitrogens is 1. The first kappa shape index (κ1) is 18.7. The Morgan fingerprint density at radius 3 is 2.77 bits per heavy atom. The Morgan fingerprint density at radius 1 is 1.17 bits per heavy atom. The van der Waals surface area contributed by atoms with Gasteiger partial charge in [0.05, 0.1) is 24.1 Å². The van der Waals surface area contributed by atoms with E-state index in [4.69, 9.17) is 16.0 Å². The number of rotatable bonds is 3. The zero-order valence-electron chi connectivity index (χ0n) is 16.0. The Balaban J connectivity index is 1.57. The van der Waals surface area contributed by atoms with Crippen LogP contribution in [0.3, 0.4) is 0 Å². The predicted molar refractivity (Wildman–Crippen MR) is 110 cm³/mol. The highest BCUT2D eigenvalue weighted by Gasteiger charge is 2.56. The molecule has 1 fully saturated rings. The number of pyridine rings is 1. The summed E-state index contributed by atoms with van der Waals surface area (Å²) >= 11 is 6.11. The number of benzene rings is 1. The Labute approximate surface area is 178 Å². The van der Waals surface area contributed by atoms with E-state index in [1.165, 1.54) is 0 Å². The van der Waals surface area contributed by atoms with Crippen LogP contribution in [0.4, 0.5) is 4.79 Å². The van der Waals surface area contributed by atoms with E-state index in [2.05, 4.69) is 10.3 Å². The van der Waals surface area contributed by atoms with Crippen LogP contribution in [0.25, 0.3) is 0 Å². The molecule has 0 bridgehead atoms. The smallest absolute Gasteiger partial charge is 0.319 e. The molecule has 0 spiro atoms. The quantitative estimate of drug-likeness (QED) is 0.701. The molecule has 0 radical (unpaired) electrons. The van der Waals surface area contributed by atoms with Crippen LogP contribution in [-0.4, -0.2) is 39.8 Å². The van der Waals surface area contributed by atoms with E-state index in [0.717, 1.165) is 5.56 Å². The van der Waals surface area contributed by atoms with Gasteiger partial charge >= 0.3 is 6.03 Å². The fourth-order valence-electron chi connectivity index (χ4n) is 4.40. The summed E-state index contributed by atoms with van der Waals surface area (Å²) in [4.78, 5) is 34.5. The molecule has 0 aliphatic carbocycles. The van der Waals surface area contributed by atoms with Crippen molar-refractivity contribution < 1.29 is 14.0 Å². The molecule has 0 unspecified atom stereocenters. The van der Waals surface area contributed by atoms with Gasteiger partial charge in [0.25, 0.3) is 5.91 Å². The number of carbonyl (C=O) groups excluding carboxylic acids is 2. The molecule has 8 heteroatoms. The molecule has 1 saturated heterocycles. The standard InChI is InChI=1S/C22H19ClN4O3/c23-16-7-5-15(6-8-16)22-13-19-18(4-1-9-24-19)20(28)26(22)10-11-27(22)21(29)25-14-17-3-2-12-30-17/h1-9,12H,10-11,13-14H2,(H,25,29)/t22-/m0/s1. The lowest BCUT2D eigenvalue weighted by molar-refractivity contribution is 0.0194. The molecule has 3 aromatic rings. The number of urea groups is 1. The molecule has 1 N–H and O–H groups in total. The fourth-order valence-corrected chi connectivity index (χ4v) is 4.53. The Kier molecular flexibility index (Phi) is 4.47. The van der Waals surface area contributed by atoms with E-state index in [9.17, 15) is 9.59 Å². The van der Waals surface area contributed by atoms with Crippen LogP contribution in [-0.2, 0) is 18.6 Å². The van der Waals surface area contributed by atoms with Gasteiger partial charge in [0, 0.05) is 30.7 Å². The summed E-state index contributed by atoms with van der Waals surface area (Å²) in [7, 11) is 0. The number of hydrogen-bond donors (Lipinski definition) is 1. The monoisotopic (exact) mass is 422 g/mol. The van der Waals surface area contributed by atoms with E-state index in [0.29, 0.717) is 41.6 Å². The number of nitrogens with one attached hydrogen (secondary N) is 1. The number of hydrogen-bond acceptors (Lipinski definition) is 4. The Hall–Kier alpha value is -3.32. The first-order valence-corrected chi connectivity index (χ1v) is 10.1. The molecule has 152 valence electrons. The number of halogens is 1. The summed E-state index contributed by atoms with van der Waals surface area (Å²) in [5.74, 6) is 0.535. The molecule has 1 atom stereocenters. The first-order valence-electron chi connectivity index (χ1n) is 9.69. The minimum atomic E-state index is -0.962. The second kappa shape index (κ2) is 7.18. The molecule has 0 saturated carbocycles. The van der Waals surface area contributed by atoms with E-state index in [1.54, 1.807) is 58.7 Å². The Morgan fingerprint density at radius 2 is 2.00 bits per heavy atom. The number of carbonyl (C=O) groups is 2. The van der Waals surface area contributed by atoms with Crippen LogP contribution >= 0.6 is 11.6 Å². The molecular weight excluding hydrogens is 404 g/mol. The second-order valence-corrected chi connectivity index (χ2v) is 7.78. The van der Waals surface area contributed by atoms with Crippen LogP contribution in [0, 0.1) is 0 Å². The van der Waals surface area contributed by atoms with Crippen molar-refractivity contribution in [3.05, 3.63) is 88.6 Å². The average Bonchev–Trinajstić information content (AvgIpc) is 3.41. The van der Waals surface area contributed by atoms with Gasteiger partial charge in [0.1, 0.15) is 5.76 Å². The third-order valence-corrected chi connectivity index (χ3v) is 6.02. The van der Waals surface area contributed by atoms with Crippen LogP contribution in [0.15, 0.2) is 65.4 Å². The van der Waals surface area contributed by atoms with Gasteiger partial charge in [-0.25, -0.2) is 4.79 Å². The first-order chi connectivity index (χ1) is 14.6. The third-order valence-electron chi connectivity index (χ3n) is 5.77.